The molecule has 1 fully saturated rings. The van der Waals surface area contributed by atoms with Gasteiger partial charge in [0.05, 0.1) is 28.8 Å². The van der Waals surface area contributed by atoms with Gasteiger partial charge in [0, 0.05) is 23.7 Å². The Balaban J connectivity index is 1.26. The van der Waals surface area contributed by atoms with E-state index in [0.29, 0.717) is 41.9 Å². The molecule has 2 heterocycles. The van der Waals surface area contributed by atoms with Crippen LogP contribution in [0.15, 0.2) is 82.9 Å². The maximum absolute atomic E-state index is 13.5. The number of carbonyl (C=O) groups is 3. The van der Waals surface area contributed by atoms with Gasteiger partial charge in [0.15, 0.2) is 5.16 Å². The van der Waals surface area contributed by atoms with E-state index >= 15 is 0 Å². The minimum atomic E-state index is -0.257. The van der Waals surface area contributed by atoms with E-state index in [-0.39, 0.29) is 36.4 Å². The third-order valence-corrected chi connectivity index (χ3v) is 8.64. The number of carbonyl (C=O) groups excluding carboxylic acids is 3. The lowest BCUT2D eigenvalue weighted by Gasteiger charge is -2.15. The second-order valence-corrected chi connectivity index (χ2v) is 11.9. The van der Waals surface area contributed by atoms with Crippen molar-refractivity contribution in [3.8, 4) is 5.75 Å². The molecule has 0 unspecified atom stereocenters. The number of amides is 2. The van der Waals surface area contributed by atoms with Crippen molar-refractivity contribution in [3.63, 3.8) is 0 Å². The number of ether oxygens (including phenoxy) is 1. The lowest BCUT2D eigenvalue weighted by Crippen LogP contribution is -2.31. The lowest BCUT2D eigenvalue weighted by molar-refractivity contribution is -0.122. The first kappa shape index (κ1) is 28.9. The number of para-hydroxylation sites is 2. The first-order chi connectivity index (χ1) is 19.8. The Morgan fingerprint density at radius 1 is 1.10 bits per heavy atom. The summed E-state index contributed by atoms with van der Waals surface area (Å²) in [5, 5.41) is 3.84. The van der Waals surface area contributed by atoms with Crippen LogP contribution in [-0.4, -0.2) is 55.9 Å². The van der Waals surface area contributed by atoms with Crippen LogP contribution in [0.4, 0.5) is 5.69 Å². The molecule has 0 bridgehead atoms. The van der Waals surface area contributed by atoms with Crippen molar-refractivity contribution in [2.75, 3.05) is 24.7 Å². The highest BCUT2D eigenvalue weighted by molar-refractivity contribution is 8.26. The number of benzene rings is 3. The number of thioether (sulfide) groups is 2. The van der Waals surface area contributed by atoms with Crippen LogP contribution in [-0.2, 0) is 9.59 Å². The number of nitrogens with one attached hydrogen (secondary N) is 1. The second-order valence-electron chi connectivity index (χ2n) is 8.81. The fourth-order valence-electron chi connectivity index (χ4n) is 4.07. The first-order valence-corrected chi connectivity index (χ1v) is 15.0. The van der Waals surface area contributed by atoms with Crippen LogP contribution >= 0.6 is 47.3 Å². The molecule has 1 aromatic heterocycles. The molecule has 8 nitrogen and oxygen atoms in total. The number of imidazole rings is 1. The minimum absolute atomic E-state index is 0.0205. The van der Waals surface area contributed by atoms with E-state index in [4.69, 9.17) is 28.6 Å². The van der Waals surface area contributed by atoms with Gasteiger partial charge in [-0.25, -0.2) is 4.98 Å². The molecule has 41 heavy (non-hydrogen) atoms. The predicted octanol–water partition coefficient (Wildman–Crippen LogP) is 6.36. The van der Waals surface area contributed by atoms with Gasteiger partial charge < -0.3 is 10.1 Å². The van der Waals surface area contributed by atoms with E-state index < -0.39 is 0 Å². The number of fused-ring (bicyclic) bond motifs is 1. The third-order valence-electron chi connectivity index (χ3n) is 6.08. The van der Waals surface area contributed by atoms with Crippen molar-refractivity contribution < 1.29 is 19.1 Å². The van der Waals surface area contributed by atoms with Crippen LogP contribution in [0.5, 0.6) is 5.75 Å². The van der Waals surface area contributed by atoms with Crippen LogP contribution in [0, 0.1) is 0 Å². The minimum Gasteiger partial charge on any atom is -0.497 e. The van der Waals surface area contributed by atoms with Gasteiger partial charge >= 0.3 is 0 Å². The molecule has 1 aliphatic rings. The molecule has 1 saturated heterocycles. The molecule has 0 saturated carbocycles. The van der Waals surface area contributed by atoms with Gasteiger partial charge in [-0.3, -0.25) is 23.9 Å². The highest BCUT2D eigenvalue weighted by Gasteiger charge is 2.32. The topological polar surface area (TPSA) is 93.5 Å². The Labute approximate surface area is 255 Å². The fraction of sp³-hybridized carbons (Fsp3) is 0.138. The molecule has 0 aliphatic carbocycles. The van der Waals surface area contributed by atoms with E-state index in [1.165, 1.54) is 21.2 Å². The van der Waals surface area contributed by atoms with Crippen LogP contribution < -0.4 is 10.1 Å². The van der Waals surface area contributed by atoms with Gasteiger partial charge in [0.2, 0.25) is 11.8 Å². The van der Waals surface area contributed by atoms with Crippen molar-refractivity contribution in [3.05, 3.63) is 88.3 Å². The summed E-state index contributed by atoms with van der Waals surface area (Å²) in [4.78, 5) is 45.7. The Bertz CT molecular complexity index is 1670. The highest BCUT2D eigenvalue weighted by atomic mass is 35.5. The molecule has 3 aromatic carbocycles. The van der Waals surface area contributed by atoms with E-state index in [1.807, 2.05) is 30.3 Å². The normalized spacial score (nSPS) is 14.2. The molecule has 208 valence electrons. The van der Waals surface area contributed by atoms with Crippen molar-refractivity contribution in [2.45, 2.75) is 11.6 Å². The number of methoxy groups -OCH3 is 1. The highest BCUT2D eigenvalue weighted by Crippen LogP contribution is 2.33. The molecule has 2 amide bonds. The molecule has 12 heteroatoms. The van der Waals surface area contributed by atoms with E-state index in [2.05, 4.69) is 10.3 Å². The zero-order chi connectivity index (χ0) is 28.9. The Morgan fingerprint density at radius 3 is 2.56 bits per heavy atom. The maximum atomic E-state index is 13.5. The van der Waals surface area contributed by atoms with Crippen LogP contribution in [0.2, 0.25) is 5.02 Å². The number of hydrogen-bond donors (Lipinski definition) is 1. The van der Waals surface area contributed by atoms with E-state index in [9.17, 15) is 14.4 Å². The summed E-state index contributed by atoms with van der Waals surface area (Å²) in [6.07, 6.45) is 1.78. The van der Waals surface area contributed by atoms with Gasteiger partial charge in [-0.1, -0.05) is 71.6 Å². The quantitative estimate of drug-likeness (QED) is 0.131. The SMILES string of the molecule is COc1ccc(NC(=O)CSc2nc3ccccc3n2C(=O)CCN2C(=O)/C(=C/c3ccc(Cl)cc3)SC2=S)cc1. The van der Waals surface area contributed by atoms with Crippen molar-refractivity contribution in [1.82, 2.24) is 14.5 Å². The van der Waals surface area contributed by atoms with Gasteiger partial charge in [-0.05, 0) is 60.2 Å². The number of hydrogen-bond acceptors (Lipinski definition) is 8. The second kappa shape index (κ2) is 12.9. The Hall–Kier alpha value is -3.64. The lowest BCUT2D eigenvalue weighted by atomic mass is 10.2. The van der Waals surface area contributed by atoms with Gasteiger partial charge in [-0.15, -0.1) is 0 Å². The van der Waals surface area contributed by atoms with E-state index in [1.54, 1.807) is 55.7 Å². The maximum Gasteiger partial charge on any atom is 0.266 e. The molecule has 0 spiro atoms. The van der Waals surface area contributed by atoms with Crippen molar-refractivity contribution >= 4 is 92.2 Å². The molecule has 1 N–H and O–H groups in total. The number of aromatic nitrogens is 2. The summed E-state index contributed by atoms with van der Waals surface area (Å²) < 4.78 is 7.04. The molecule has 5 rings (SSSR count). The fourth-order valence-corrected chi connectivity index (χ4v) is 6.32. The summed E-state index contributed by atoms with van der Waals surface area (Å²) in [5.41, 5.74) is 2.72. The zero-order valence-corrected chi connectivity index (χ0v) is 24.9. The summed E-state index contributed by atoms with van der Waals surface area (Å²) in [6.45, 7) is 0.121. The van der Waals surface area contributed by atoms with Gasteiger partial charge in [-0.2, -0.15) is 0 Å². The molecule has 1 aliphatic heterocycles. The smallest absolute Gasteiger partial charge is 0.266 e. The van der Waals surface area contributed by atoms with Crippen LogP contribution in [0.3, 0.4) is 0 Å². The Morgan fingerprint density at radius 2 is 1.83 bits per heavy atom. The monoisotopic (exact) mass is 622 g/mol. The van der Waals surface area contributed by atoms with Crippen molar-refractivity contribution in [2.24, 2.45) is 0 Å². The summed E-state index contributed by atoms with van der Waals surface area (Å²) in [6, 6.07) is 21.4. The number of nitrogens with zero attached hydrogens (tertiary/aromatic N) is 3. The predicted molar refractivity (Wildman–Crippen MR) is 169 cm³/mol. The number of rotatable bonds is 9. The zero-order valence-electron chi connectivity index (χ0n) is 21.7. The van der Waals surface area contributed by atoms with E-state index in [0.717, 1.165) is 17.3 Å². The molecular formula is C29H23ClN4O4S3. The average Bonchev–Trinajstić information content (AvgIpc) is 3.48. The summed E-state index contributed by atoms with van der Waals surface area (Å²) >= 11 is 13.8. The number of thiocarbonyl (C=S) groups is 1. The average molecular weight is 623 g/mol. The van der Waals surface area contributed by atoms with Crippen molar-refractivity contribution in [1.29, 1.82) is 0 Å². The molecule has 4 aromatic rings. The van der Waals surface area contributed by atoms with Gasteiger partial charge in [0.25, 0.3) is 5.91 Å². The molecular weight excluding hydrogens is 600 g/mol. The van der Waals surface area contributed by atoms with Crippen LogP contribution in [0.25, 0.3) is 17.1 Å². The Kier molecular flexibility index (Phi) is 9.09. The number of anilines is 1. The molecule has 0 atom stereocenters. The third kappa shape index (κ3) is 6.82. The summed E-state index contributed by atoms with van der Waals surface area (Å²) in [7, 11) is 1.57. The van der Waals surface area contributed by atoms with Gasteiger partial charge in [0.1, 0.15) is 10.1 Å². The number of halogens is 1. The summed E-state index contributed by atoms with van der Waals surface area (Å²) in [5.74, 6) is -0.00695. The largest absolute Gasteiger partial charge is 0.497 e. The standard InChI is InChI=1S/C29H23ClN4O4S3/c1-38-21-12-10-20(11-13-21)31-25(35)17-40-28-32-22-4-2-3-5-23(22)34(28)26(36)14-15-33-27(37)24(41-29(33)39)16-18-6-8-19(30)9-7-18/h2-13,16H,14-15,17H2,1H3,(H,31,35)/b24-16-. The van der Waals surface area contributed by atoms with Crippen LogP contribution in [0.1, 0.15) is 16.8 Å². The molecule has 0 radical (unpaired) electrons. The first-order valence-electron chi connectivity index (χ1n) is 12.4.